The summed E-state index contributed by atoms with van der Waals surface area (Å²) in [7, 11) is -1.96. The molecule has 1 aliphatic heterocycles. The second-order valence-electron chi connectivity index (χ2n) is 4.05. The van der Waals surface area contributed by atoms with E-state index in [4.69, 9.17) is 0 Å². The van der Waals surface area contributed by atoms with Crippen LogP contribution in [-0.4, -0.2) is 28.6 Å². The topological polar surface area (TPSA) is 49.4 Å². The number of rotatable bonds is 3. The normalized spacial score (nSPS) is 16.5. The summed E-state index contributed by atoms with van der Waals surface area (Å²) in [6.07, 6.45) is 2.33. The molecular formula is C11H15BrN2O2S. The minimum absolute atomic E-state index is 0.302. The number of anilines is 1. The number of nitrogens with one attached hydrogen (secondary N) is 1. The summed E-state index contributed by atoms with van der Waals surface area (Å²) < 4.78 is 26.7. The maximum absolute atomic E-state index is 11.8. The molecule has 0 amide bonds. The Kier molecular flexibility index (Phi) is 3.75. The molecule has 0 unspecified atom stereocenters. The molecule has 1 saturated heterocycles. The molecule has 1 fully saturated rings. The van der Waals surface area contributed by atoms with Gasteiger partial charge < -0.3 is 4.90 Å². The van der Waals surface area contributed by atoms with Crippen molar-refractivity contribution in [1.29, 1.82) is 0 Å². The number of halogens is 1. The summed E-state index contributed by atoms with van der Waals surface area (Å²) in [5.74, 6) is 0. The van der Waals surface area contributed by atoms with E-state index in [0.29, 0.717) is 4.90 Å². The SMILES string of the molecule is CNS(=O)(=O)c1cc(Br)cc(N2CCCC2)c1. The zero-order chi connectivity index (χ0) is 12.5. The quantitative estimate of drug-likeness (QED) is 0.926. The van der Waals surface area contributed by atoms with Gasteiger partial charge in [0.15, 0.2) is 0 Å². The lowest BCUT2D eigenvalue weighted by Gasteiger charge is -2.18. The Labute approximate surface area is 110 Å². The Morgan fingerprint density at radius 3 is 2.47 bits per heavy atom. The van der Waals surface area contributed by atoms with E-state index in [9.17, 15) is 8.42 Å². The first-order valence-corrected chi connectivity index (χ1v) is 7.79. The highest BCUT2D eigenvalue weighted by Crippen LogP contribution is 2.27. The van der Waals surface area contributed by atoms with E-state index in [2.05, 4.69) is 25.6 Å². The maximum Gasteiger partial charge on any atom is 0.240 e. The van der Waals surface area contributed by atoms with Gasteiger partial charge in [0.05, 0.1) is 4.90 Å². The van der Waals surface area contributed by atoms with Crippen LogP contribution in [0.1, 0.15) is 12.8 Å². The molecule has 1 aromatic carbocycles. The first kappa shape index (κ1) is 12.9. The van der Waals surface area contributed by atoms with E-state index < -0.39 is 10.0 Å². The molecule has 1 heterocycles. The van der Waals surface area contributed by atoms with Crippen LogP contribution in [0.4, 0.5) is 5.69 Å². The van der Waals surface area contributed by atoms with Crippen LogP contribution in [0.3, 0.4) is 0 Å². The molecule has 17 heavy (non-hydrogen) atoms. The maximum atomic E-state index is 11.8. The summed E-state index contributed by atoms with van der Waals surface area (Å²) >= 11 is 3.36. The number of benzene rings is 1. The van der Waals surface area contributed by atoms with Crippen molar-refractivity contribution in [3.63, 3.8) is 0 Å². The van der Waals surface area contributed by atoms with Gasteiger partial charge in [0.25, 0.3) is 0 Å². The number of nitrogens with zero attached hydrogens (tertiary/aromatic N) is 1. The van der Waals surface area contributed by atoms with E-state index in [-0.39, 0.29) is 0 Å². The highest BCUT2D eigenvalue weighted by Gasteiger charge is 2.17. The third kappa shape index (κ3) is 2.81. The van der Waals surface area contributed by atoms with Crippen molar-refractivity contribution in [3.8, 4) is 0 Å². The lowest BCUT2D eigenvalue weighted by atomic mass is 10.3. The van der Waals surface area contributed by atoms with Crippen molar-refractivity contribution in [3.05, 3.63) is 22.7 Å². The van der Waals surface area contributed by atoms with Gasteiger partial charge in [0, 0.05) is 23.2 Å². The van der Waals surface area contributed by atoms with Crippen LogP contribution in [0.5, 0.6) is 0 Å². The minimum Gasteiger partial charge on any atom is -0.371 e. The van der Waals surface area contributed by atoms with E-state index in [0.717, 1.165) is 23.2 Å². The van der Waals surface area contributed by atoms with Crippen LogP contribution in [0, 0.1) is 0 Å². The fourth-order valence-corrected chi connectivity index (χ4v) is 3.41. The smallest absolute Gasteiger partial charge is 0.240 e. The van der Waals surface area contributed by atoms with Gasteiger partial charge in [-0.25, -0.2) is 13.1 Å². The standard InChI is InChI=1S/C11H15BrN2O2S/c1-13-17(15,16)11-7-9(12)6-10(8-11)14-4-2-3-5-14/h6-8,13H,2-5H2,1H3. The number of sulfonamides is 1. The van der Waals surface area contributed by atoms with Crippen LogP contribution >= 0.6 is 15.9 Å². The van der Waals surface area contributed by atoms with E-state index in [1.165, 1.54) is 19.9 Å². The summed E-state index contributed by atoms with van der Waals surface area (Å²) in [6.45, 7) is 1.99. The van der Waals surface area contributed by atoms with Crippen LogP contribution in [-0.2, 0) is 10.0 Å². The largest absolute Gasteiger partial charge is 0.371 e. The predicted octanol–water partition coefficient (Wildman–Crippen LogP) is 1.96. The molecule has 1 aliphatic rings. The molecule has 0 spiro atoms. The Balaban J connectivity index is 2.42. The summed E-state index contributed by atoms with van der Waals surface area (Å²) in [4.78, 5) is 2.51. The van der Waals surface area contributed by atoms with Crippen molar-refractivity contribution in [2.24, 2.45) is 0 Å². The lowest BCUT2D eigenvalue weighted by molar-refractivity contribution is 0.588. The average molecular weight is 319 g/mol. The molecule has 1 N–H and O–H groups in total. The molecule has 6 heteroatoms. The monoisotopic (exact) mass is 318 g/mol. The Morgan fingerprint density at radius 2 is 1.88 bits per heavy atom. The molecular weight excluding hydrogens is 304 g/mol. The van der Waals surface area contributed by atoms with Gasteiger partial charge in [-0.1, -0.05) is 15.9 Å². The molecule has 2 rings (SSSR count). The summed E-state index contributed by atoms with van der Waals surface area (Å²) in [5, 5.41) is 0. The average Bonchev–Trinajstić information content (AvgIpc) is 2.81. The second-order valence-corrected chi connectivity index (χ2v) is 6.85. The van der Waals surface area contributed by atoms with Crippen molar-refractivity contribution in [2.75, 3.05) is 25.0 Å². The van der Waals surface area contributed by atoms with Gasteiger partial charge in [-0.2, -0.15) is 0 Å². The number of hydrogen-bond acceptors (Lipinski definition) is 3. The molecule has 0 radical (unpaired) electrons. The fraction of sp³-hybridized carbons (Fsp3) is 0.455. The zero-order valence-electron chi connectivity index (χ0n) is 9.61. The Hall–Kier alpha value is -0.590. The van der Waals surface area contributed by atoms with Crippen LogP contribution in [0.25, 0.3) is 0 Å². The Bertz CT molecular complexity index is 510. The van der Waals surface area contributed by atoms with E-state index >= 15 is 0 Å². The van der Waals surface area contributed by atoms with Gasteiger partial charge >= 0.3 is 0 Å². The Morgan fingerprint density at radius 1 is 1.24 bits per heavy atom. The van der Waals surface area contributed by atoms with Gasteiger partial charge in [-0.15, -0.1) is 0 Å². The third-order valence-corrected chi connectivity index (χ3v) is 4.76. The van der Waals surface area contributed by atoms with Crippen molar-refractivity contribution >= 4 is 31.6 Å². The molecule has 94 valence electrons. The van der Waals surface area contributed by atoms with Crippen LogP contribution in [0.2, 0.25) is 0 Å². The molecule has 0 saturated carbocycles. The van der Waals surface area contributed by atoms with Gasteiger partial charge in [0.1, 0.15) is 0 Å². The molecule has 0 aromatic heterocycles. The van der Waals surface area contributed by atoms with Crippen LogP contribution in [0.15, 0.2) is 27.6 Å². The summed E-state index contributed by atoms with van der Waals surface area (Å²) in [6, 6.07) is 5.30. The van der Waals surface area contributed by atoms with Crippen molar-refractivity contribution in [1.82, 2.24) is 4.72 Å². The molecule has 4 nitrogen and oxygen atoms in total. The third-order valence-electron chi connectivity index (χ3n) is 2.91. The zero-order valence-corrected chi connectivity index (χ0v) is 12.0. The molecule has 0 bridgehead atoms. The highest BCUT2D eigenvalue weighted by molar-refractivity contribution is 9.10. The van der Waals surface area contributed by atoms with Gasteiger partial charge in [-0.05, 0) is 38.1 Å². The number of hydrogen-bond donors (Lipinski definition) is 1. The van der Waals surface area contributed by atoms with Gasteiger partial charge in [0.2, 0.25) is 10.0 Å². The second kappa shape index (κ2) is 4.96. The molecule has 1 aromatic rings. The molecule has 0 aliphatic carbocycles. The first-order chi connectivity index (χ1) is 8.03. The van der Waals surface area contributed by atoms with Crippen LogP contribution < -0.4 is 9.62 Å². The van der Waals surface area contributed by atoms with Crippen molar-refractivity contribution < 1.29 is 8.42 Å². The predicted molar refractivity (Wildman–Crippen MR) is 71.8 cm³/mol. The lowest BCUT2D eigenvalue weighted by Crippen LogP contribution is -2.21. The van der Waals surface area contributed by atoms with Crippen molar-refractivity contribution in [2.45, 2.75) is 17.7 Å². The minimum atomic E-state index is -3.38. The summed E-state index contributed by atoms with van der Waals surface area (Å²) in [5.41, 5.74) is 0.964. The van der Waals surface area contributed by atoms with Gasteiger partial charge in [-0.3, -0.25) is 0 Å². The highest BCUT2D eigenvalue weighted by atomic mass is 79.9. The molecule has 0 atom stereocenters. The van der Waals surface area contributed by atoms with E-state index in [1.807, 2.05) is 6.07 Å². The first-order valence-electron chi connectivity index (χ1n) is 5.52. The van der Waals surface area contributed by atoms with E-state index in [1.54, 1.807) is 12.1 Å². The fourth-order valence-electron chi connectivity index (χ4n) is 1.98.